The van der Waals surface area contributed by atoms with E-state index in [-0.39, 0.29) is 0 Å². The van der Waals surface area contributed by atoms with E-state index in [4.69, 9.17) is 10.1 Å². The van der Waals surface area contributed by atoms with Crippen molar-refractivity contribution >= 4 is 27.6 Å². The maximum Gasteiger partial charge on any atom is 0.225 e. The molecule has 1 aliphatic heterocycles. The first-order chi connectivity index (χ1) is 9.29. The van der Waals surface area contributed by atoms with Gasteiger partial charge in [0.1, 0.15) is 6.61 Å². The Balaban J connectivity index is 1.82. The molecule has 1 fully saturated rings. The lowest BCUT2D eigenvalue weighted by atomic mass is 10.1. The summed E-state index contributed by atoms with van der Waals surface area (Å²) in [6, 6.07) is 2.02. The van der Waals surface area contributed by atoms with Crippen molar-refractivity contribution in [2.45, 2.75) is 19.3 Å². The molecule has 0 aliphatic carbocycles. The molecule has 19 heavy (non-hydrogen) atoms. The van der Waals surface area contributed by atoms with Crippen LogP contribution in [0.15, 0.2) is 22.0 Å². The summed E-state index contributed by atoms with van der Waals surface area (Å²) >= 11 is 3.32. The van der Waals surface area contributed by atoms with Gasteiger partial charge in [-0.15, -0.1) is 0 Å². The molecule has 0 aromatic carbocycles. The second kappa shape index (κ2) is 7.04. The summed E-state index contributed by atoms with van der Waals surface area (Å²) < 4.78 is 0.876. The molecule has 6 nitrogen and oxygen atoms in total. The molecule has 0 unspecified atom stereocenters. The van der Waals surface area contributed by atoms with E-state index >= 15 is 0 Å². The highest BCUT2D eigenvalue weighted by Crippen LogP contribution is 2.15. The fraction of sp³-hybridized carbons (Fsp3) is 0.500. The van der Waals surface area contributed by atoms with Crippen molar-refractivity contribution < 1.29 is 4.84 Å². The lowest BCUT2D eigenvalue weighted by Gasteiger charge is -2.27. The number of nitrogens with zero attached hydrogens (tertiary/aromatic N) is 5. The Morgan fingerprint density at radius 1 is 1.37 bits per heavy atom. The van der Waals surface area contributed by atoms with Crippen molar-refractivity contribution in [2.24, 2.45) is 5.16 Å². The molecule has 0 atom stereocenters. The number of anilines is 1. The van der Waals surface area contributed by atoms with Crippen molar-refractivity contribution in [3.8, 4) is 6.07 Å². The molecule has 0 amide bonds. The summed E-state index contributed by atoms with van der Waals surface area (Å²) in [5.41, 5.74) is 1.03. The van der Waals surface area contributed by atoms with Crippen molar-refractivity contribution in [2.75, 3.05) is 24.6 Å². The summed E-state index contributed by atoms with van der Waals surface area (Å²) in [7, 11) is 0. The first-order valence-corrected chi connectivity index (χ1v) is 6.86. The van der Waals surface area contributed by atoms with Crippen LogP contribution < -0.4 is 4.90 Å². The molecular formula is C12H14BrN5O. The molecule has 0 N–H and O–H groups in total. The van der Waals surface area contributed by atoms with Gasteiger partial charge in [-0.25, -0.2) is 9.97 Å². The zero-order valence-corrected chi connectivity index (χ0v) is 12.0. The summed E-state index contributed by atoms with van der Waals surface area (Å²) in [5, 5.41) is 12.4. The number of oxime groups is 1. The Labute approximate surface area is 120 Å². The quantitative estimate of drug-likeness (QED) is 0.626. The van der Waals surface area contributed by atoms with Gasteiger partial charge in [-0.05, 0) is 15.9 Å². The first-order valence-electron chi connectivity index (χ1n) is 6.07. The molecule has 1 aromatic heterocycles. The van der Waals surface area contributed by atoms with E-state index < -0.39 is 0 Å². The van der Waals surface area contributed by atoms with Gasteiger partial charge in [0, 0.05) is 38.3 Å². The predicted molar refractivity (Wildman–Crippen MR) is 74.8 cm³/mol. The van der Waals surface area contributed by atoms with Gasteiger partial charge in [0.15, 0.2) is 0 Å². The van der Waals surface area contributed by atoms with E-state index in [1.54, 1.807) is 12.4 Å². The van der Waals surface area contributed by atoms with Gasteiger partial charge < -0.3 is 9.74 Å². The smallest absolute Gasteiger partial charge is 0.225 e. The summed E-state index contributed by atoms with van der Waals surface area (Å²) in [6.45, 7) is 2.03. The minimum Gasteiger partial charge on any atom is -0.395 e. The van der Waals surface area contributed by atoms with Crippen LogP contribution in [-0.4, -0.2) is 35.4 Å². The topological polar surface area (TPSA) is 74.4 Å². The fourth-order valence-electron chi connectivity index (χ4n) is 1.75. The van der Waals surface area contributed by atoms with Gasteiger partial charge in [-0.2, -0.15) is 5.26 Å². The molecule has 0 radical (unpaired) electrons. The average Bonchev–Trinajstić information content (AvgIpc) is 2.45. The molecule has 2 rings (SSSR count). The van der Waals surface area contributed by atoms with Crippen molar-refractivity contribution in [1.29, 1.82) is 5.26 Å². The molecule has 7 heteroatoms. The summed E-state index contributed by atoms with van der Waals surface area (Å²) in [6.07, 6.45) is 5.54. The Hall–Kier alpha value is -1.68. The van der Waals surface area contributed by atoms with E-state index in [0.29, 0.717) is 13.0 Å². The van der Waals surface area contributed by atoms with E-state index in [2.05, 4.69) is 36.0 Å². The van der Waals surface area contributed by atoms with Gasteiger partial charge in [0.05, 0.1) is 22.7 Å². The minimum absolute atomic E-state index is 0.361. The Kier molecular flexibility index (Phi) is 5.10. The molecule has 0 bridgehead atoms. The average molecular weight is 324 g/mol. The Morgan fingerprint density at radius 3 is 2.68 bits per heavy atom. The zero-order chi connectivity index (χ0) is 13.5. The number of rotatable bonds is 4. The van der Waals surface area contributed by atoms with Crippen molar-refractivity contribution in [3.63, 3.8) is 0 Å². The third kappa shape index (κ3) is 4.17. The Bertz CT molecular complexity index is 472. The minimum atomic E-state index is 0.361. The highest BCUT2D eigenvalue weighted by Gasteiger charge is 2.17. The standard InChI is InChI=1S/C12H14BrN5O/c13-10-8-15-12(16-9-10)18-5-2-11(3-6-18)17-19-7-1-4-14/h8-9H,1-3,5-7H2. The highest BCUT2D eigenvalue weighted by molar-refractivity contribution is 9.10. The maximum absolute atomic E-state index is 8.38. The normalized spacial score (nSPS) is 14.9. The van der Waals surface area contributed by atoms with Gasteiger partial charge in [0.2, 0.25) is 5.95 Å². The second-order valence-electron chi connectivity index (χ2n) is 4.09. The van der Waals surface area contributed by atoms with Crippen LogP contribution in [0.1, 0.15) is 19.3 Å². The lowest BCUT2D eigenvalue weighted by Crippen LogP contribution is -2.35. The van der Waals surface area contributed by atoms with Gasteiger partial charge >= 0.3 is 0 Å². The van der Waals surface area contributed by atoms with Crippen molar-refractivity contribution in [1.82, 2.24) is 9.97 Å². The van der Waals surface area contributed by atoms with Crippen LogP contribution in [0.25, 0.3) is 0 Å². The highest BCUT2D eigenvalue weighted by atomic mass is 79.9. The van der Waals surface area contributed by atoms with Crippen LogP contribution in [0.2, 0.25) is 0 Å². The van der Waals surface area contributed by atoms with Crippen LogP contribution in [0, 0.1) is 11.3 Å². The Morgan fingerprint density at radius 2 is 2.05 bits per heavy atom. The molecular weight excluding hydrogens is 310 g/mol. The molecule has 0 saturated carbocycles. The lowest BCUT2D eigenvalue weighted by molar-refractivity contribution is 0.148. The molecule has 1 saturated heterocycles. The largest absolute Gasteiger partial charge is 0.395 e. The summed E-state index contributed by atoms with van der Waals surface area (Å²) in [4.78, 5) is 15.8. The van der Waals surface area contributed by atoms with Crippen molar-refractivity contribution in [3.05, 3.63) is 16.9 Å². The zero-order valence-electron chi connectivity index (χ0n) is 10.4. The molecule has 1 aromatic rings. The van der Waals surface area contributed by atoms with Gasteiger partial charge in [0.25, 0.3) is 0 Å². The van der Waals surface area contributed by atoms with Gasteiger partial charge in [-0.3, -0.25) is 0 Å². The third-order valence-corrected chi connectivity index (χ3v) is 3.14. The van der Waals surface area contributed by atoms with Crippen LogP contribution in [0.5, 0.6) is 0 Å². The van der Waals surface area contributed by atoms with E-state index in [1.807, 2.05) is 6.07 Å². The van der Waals surface area contributed by atoms with Crippen LogP contribution in [0.4, 0.5) is 5.95 Å². The predicted octanol–water partition coefficient (Wildman–Crippen LogP) is 2.13. The van der Waals surface area contributed by atoms with E-state index in [1.165, 1.54) is 0 Å². The number of piperidine rings is 1. The third-order valence-electron chi connectivity index (χ3n) is 2.73. The number of hydrogen-bond acceptors (Lipinski definition) is 6. The van der Waals surface area contributed by atoms with E-state index in [0.717, 1.165) is 42.1 Å². The molecule has 1 aliphatic rings. The first kappa shape index (κ1) is 13.7. The van der Waals surface area contributed by atoms with Crippen LogP contribution >= 0.6 is 15.9 Å². The fourth-order valence-corrected chi connectivity index (χ4v) is 1.96. The van der Waals surface area contributed by atoms with E-state index in [9.17, 15) is 0 Å². The number of hydrogen-bond donors (Lipinski definition) is 0. The monoisotopic (exact) mass is 323 g/mol. The maximum atomic E-state index is 8.38. The number of halogens is 1. The summed E-state index contributed by atoms with van der Waals surface area (Å²) in [5.74, 6) is 0.743. The second-order valence-corrected chi connectivity index (χ2v) is 5.00. The number of aromatic nitrogens is 2. The number of nitriles is 1. The molecule has 0 spiro atoms. The van der Waals surface area contributed by atoms with Gasteiger partial charge in [-0.1, -0.05) is 5.16 Å². The SMILES string of the molecule is N#CCCON=C1CCN(c2ncc(Br)cn2)CC1. The van der Waals surface area contributed by atoms with Crippen LogP contribution in [0.3, 0.4) is 0 Å². The molecule has 2 heterocycles. The van der Waals surface area contributed by atoms with Crippen LogP contribution in [-0.2, 0) is 4.84 Å². The molecule has 100 valence electrons.